The number of aliphatic hydroxyl groups is 1. The van der Waals surface area contributed by atoms with E-state index in [1.807, 2.05) is 30.3 Å². The fourth-order valence-electron chi connectivity index (χ4n) is 2.36. The quantitative estimate of drug-likeness (QED) is 0.756. The van der Waals surface area contributed by atoms with Crippen LogP contribution >= 0.6 is 11.6 Å². The summed E-state index contributed by atoms with van der Waals surface area (Å²) in [5.74, 6) is 0.234. The molecular formula is C17H17ClN2O2. The third kappa shape index (κ3) is 3.30. The molecule has 2 atom stereocenters. The molecule has 0 amide bonds. The summed E-state index contributed by atoms with van der Waals surface area (Å²) in [6.45, 7) is 0. The Balaban J connectivity index is 1.69. The van der Waals surface area contributed by atoms with E-state index in [1.165, 1.54) is 5.56 Å². The largest absolute Gasteiger partial charge is 0.438 e. The van der Waals surface area contributed by atoms with E-state index in [9.17, 15) is 5.11 Å². The van der Waals surface area contributed by atoms with E-state index >= 15 is 0 Å². The average Bonchev–Trinajstić information content (AvgIpc) is 2.95. The van der Waals surface area contributed by atoms with Gasteiger partial charge in [0.2, 0.25) is 5.89 Å². The smallest absolute Gasteiger partial charge is 0.225 e. The molecule has 0 radical (unpaired) electrons. The van der Waals surface area contributed by atoms with Gasteiger partial charge in [-0.05, 0) is 36.6 Å². The number of aliphatic hydroxyl groups excluding tert-OH is 1. The summed E-state index contributed by atoms with van der Waals surface area (Å²) in [4.78, 5) is 4.27. The lowest BCUT2D eigenvalue weighted by Crippen LogP contribution is -2.29. The highest BCUT2D eigenvalue weighted by atomic mass is 35.5. The minimum absolute atomic E-state index is 0.234. The Morgan fingerprint density at radius 3 is 2.73 bits per heavy atom. The molecule has 4 nitrogen and oxygen atoms in total. The van der Waals surface area contributed by atoms with Crippen molar-refractivity contribution in [3.63, 3.8) is 0 Å². The van der Waals surface area contributed by atoms with Crippen molar-refractivity contribution < 1.29 is 9.52 Å². The maximum atomic E-state index is 10.3. The molecule has 22 heavy (non-hydrogen) atoms. The summed E-state index contributed by atoms with van der Waals surface area (Å²) in [6.07, 6.45) is 0.505. The van der Waals surface area contributed by atoms with Gasteiger partial charge in [0.15, 0.2) is 5.58 Å². The summed E-state index contributed by atoms with van der Waals surface area (Å²) < 4.78 is 5.56. The van der Waals surface area contributed by atoms with Crippen LogP contribution < -0.4 is 5.73 Å². The van der Waals surface area contributed by atoms with Crippen LogP contribution in [-0.4, -0.2) is 16.1 Å². The highest BCUT2D eigenvalue weighted by Crippen LogP contribution is 2.25. The van der Waals surface area contributed by atoms with Gasteiger partial charge in [-0.1, -0.05) is 41.9 Å². The monoisotopic (exact) mass is 316 g/mol. The van der Waals surface area contributed by atoms with Gasteiger partial charge >= 0.3 is 0 Å². The van der Waals surface area contributed by atoms with E-state index in [0.717, 1.165) is 6.42 Å². The molecule has 114 valence electrons. The molecule has 0 aliphatic heterocycles. The molecule has 0 saturated carbocycles. The van der Waals surface area contributed by atoms with Crippen LogP contribution in [0.3, 0.4) is 0 Å². The first-order valence-electron chi connectivity index (χ1n) is 7.17. The molecule has 0 fully saturated rings. The summed E-state index contributed by atoms with van der Waals surface area (Å²) in [6, 6.07) is 14.7. The lowest BCUT2D eigenvalue weighted by molar-refractivity contribution is 0.114. The molecule has 1 heterocycles. The molecule has 0 spiro atoms. The predicted molar refractivity (Wildman–Crippen MR) is 86.7 cm³/mol. The molecule has 3 N–H and O–H groups in total. The SMILES string of the molecule is N[C@H](CCc1ccccc1)[C@H](O)c1nc2cc(Cl)ccc2o1. The molecule has 0 aliphatic rings. The third-order valence-corrected chi connectivity index (χ3v) is 3.87. The lowest BCUT2D eigenvalue weighted by Gasteiger charge is -2.15. The normalized spacial score (nSPS) is 14.1. The van der Waals surface area contributed by atoms with Gasteiger partial charge in [0.1, 0.15) is 11.6 Å². The molecule has 0 bridgehead atoms. The van der Waals surface area contributed by atoms with Crippen molar-refractivity contribution >= 4 is 22.7 Å². The molecular weight excluding hydrogens is 300 g/mol. The molecule has 5 heteroatoms. The highest BCUT2D eigenvalue weighted by Gasteiger charge is 2.22. The van der Waals surface area contributed by atoms with Crippen molar-refractivity contribution in [3.05, 3.63) is 65.0 Å². The Morgan fingerprint density at radius 2 is 1.95 bits per heavy atom. The standard InChI is InChI=1S/C17H17ClN2O2/c18-12-7-9-15-14(10-12)20-17(22-15)16(21)13(19)8-6-11-4-2-1-3-5-11/h1-5,7,9-10,13,16,21H,6,8,19H2/t13-,16+/m1/s1. The average molecular weight is 317 g/mol. The van der Waals surface area contributed by atoms with Crippen LogP contribution in [0.4, 0.5) is 0 Å². The number of aromatic nitrogens is 1. The van der Waals surface area contributed by atoms with Crippen LogP contribution in [0.1, 0.15) is 24.0 Å². The second-order valence-corrected chi connectivity index (χ2v) is 5.73. The van der Waals surface area contributed by atoms with Gasteiger partial charge in [0.25, 0.3) is 0 Å². The van der Waals surface area contributed by atoms with Crippen molar-refractivity contribution in [2.75, 3.05) is 0 Å². The van der Waals surface area contributed by atoms with Crippen molar-refractivity contribution in [3.8, 4) is 0 Å². The van der Waals surface area contributed by atoms with Gasteiger partial charge < -0.3 is 15.3 Å². The van der Waals surface area contributed by atoms with Crippen molar-refractivity contribution in [1.82, 2.24) is 4.98 Å². The minimum atomic E-state index is -0.935. The third-order valence-electron chi connectivity index (χ3n) is 3.63. The van der Waals surface area contributed by atoms with E-state index in [0.29, 0.717) is 22.5 Å². The van der Waals surface area contributed by atoms with Crippen LogP contribution in [0.5, 0.6) is 0 Å². The zero-order valence-corrected chi connectivity index (χ0v) is 12.7. The number of nitrogens with zero attached hydrogens (tertiary/aromatic N) is 1. The number of rotatable bonds is 5. The zero-order chi connectivity index (χ0) is 15.5. The van der Waals surface area contributed by atoms with Gasteiger partial charge in [-0.3, -0.25) is 0 Å². The molecule has 3 aromatic rings. The first-order chi connectivity index (χ1) is 10.6. The van der Waals surface area contributed by atoms with Gasteiger partial charge in [0, 0.05) is 11.1 Å². The summed E-state index contributed by atoms with van der Waals surface area (Å²) in [7, 11) is 0. The summed E-state index contributed by atoms with van der Waals surface area (Å²) in [5, 5.41) is 10.9. The highest BCUT2D eigenvalue weighted by molar-refractivity contribution is 6.31. The van der Waals surface area contributed by atoms with Crippen LogP contribution in [0, 0.1) is 0 Å². The van der Waals surface area contributed by atoms with Gasteiger partial charge in [0.05, 0.1) is 0 Å². The second-order valence-electron chi connectivity index (χ2n) is 5.30. The van der Waals surface area contributed by atoms with Crippen molar-refractivity contribution in [1.29, 1.82) is 0 Å². The number of aryl methyl sites for hydroxylation is 1. The van der Waals surface area contributed by atoms with E-state index in [2.05, 4.69) is 4.98 Å². The van der Waals surface area contributed by atoms with E-state index in [-0.39, 0.29) is 5.89 Å². The lowest BCUT2D eigenvalue weighted by atomic mass is 10.0. The van der Waals surface area contributed by atoms with Crippen LogP contribution in [0.25, 0.3) is 11.1 Å². The Labute approximate surface area is 133 Å². The first-order valence-corrected chi connectivity index (χ1v) is 7.55. The number of hydrogen-bond acceptors (Lipinski definition) is 4. The molecule has 2 aromatic carbocycles. The van der Waals surface area contributed by atoms with E-state index < -0.39 is 12.1 Å². The van der Waals surface area contributed by atoms with Crippen molar-refractivity contribution in [2.45, 2.75) is 25.0 Å². The van der Waals surface area contributed by atoms with Gasteiger partial charge in [-0.2, -0.15) is 0 Å². The minimum Gasteiger partial charge on any atom is -0.438 e. The first kappa shape index (κ1) is 15.0. The van der Waals surface area contributed by atoms with E-state index in [4.69, 9.17) is 21.8 Å². The Bertz CT molecular complexity index is 758. The zero-order valence-electron chi connectivity index (χ0n) is 11.9. The Morgan fingerprint density at radius 1 is 1.18 bits per heavy atom. The summed E-state index contributed by atoms with van der Waals surface area (Å²) >= 11 is 5.92. The van der Waals surface area contributed by atoms with Gasteiger partial charge in [-0.15, -0.1) is 0 Å². The van der Waals surface area contributed by atoms with Crippen molar-refractivity contribution in [2.24, 2.45) is 5.73 Å². The molecule has 0 saturated heterocycles. The summed E-state index contributed by atoms with van der Waals surface area (Å²) in [5.41, 5.74) is 8.48. The number of fused-ring (bicyclic) bond motifs is 1. The fourth-order valence-corrected chi connectivity index (χ4v) is 2.53. The number of benzene rings is 2. The number of nitrogens with two attached hydrogens (primary N) is 1. The fraction of sp³-hybridized carbons (Fsp3) is 0.235. The van der Waals surface area contributed by atoms with Gasteiger partial charge in [-0.25, -0.2) is 4.98 Å². The Hall–Kier alpha value is -1.88. The molecule has 3 rings (SSSR count). The van der Waals surface area contributed by atoms with Crippen LogP contribution in [0.15, 0.2) is 52.9 Å². The number of oxazole rings is 1. The maximum Gasteiger partial charge on any atom is 0.225 e. The maximum absolute atomic E-state index is 10.3. The topological polar surface area (TPSA) is 72.3 Å². The molecule has 1 aromatic heterocycles. The molecule has 0 aliphatic carbocycles. The predicted octanol–water partition coefficient (Wildman–Crippen LogP) is 3.47. The Kier molecular flexibility index (Phi) is 4.43. The second kappa shape index (κ2) is 6.48. The molecule has 0 unspecified atom stereocenters. The number of hydrogen-bond donors (Lipinski definition) is 2. The van der Waals surface area contributed by atoms with Crippen LogP contribution in [0.2, 0.25) is 5.02 Å². The van der Waals surface area contributed by atoms with E-state index in [1.54, 1.807) is 18.2 Å². The number of halogens is 1. The van der Waals surface area contributed by atoms with Crippen LogP contribution in [-0.2, 0) is 6.42 Å².